The molecule has 22 heavy (non-hydrogen) atoms. The van der Waals surface area contributed by atoms with Crippen LogP contribution in [0.3, 0.4) is 0 Å². The maximum Gasteiger partial charge on any atom is 0.308 e. The first-order valence-electron chi connectivity index (χ1n) is 7.20. The number of nitrogens with zero attached hydrogens (tertiary/aromatic N) is 3. The minimum atomic E-state index is -0.854. The molecule has 3 rings (SSSR count). The van der Waals surface area contributed by atoms with Crippen LogP contribution in [-0.2, 0) is 4.79 Å². The Morgan fingerprint density at radius 2 is 2.18 bits per heavy atom. The number of aromatic nitrogens is 2. The Bertz CT molecular complexity index is 739. The average molecular weight is 303 g/mol. The fourth-order valence-electron chi connectivity index (χ4n) is 2.94. The van der Waals surface area contributed by atoms with Crippen LogP contribution in [0.1, 0.15) is 29.4 Å². The molecule has 2 unspecified atom stereocenters. The number of carboxylic acid groups (broad SMARTS) is 1. The second kappa shape index (κ2) is 5.40. The minimum absolute atomic E-state index is 0.160. The molecule has 116 valence electrons. The Labute approximate surface area is 126 Å². The molecule has 0 aromatic carbocycles. The van der Waals surface area contributed by atoms with E-state index in [-0.39, 0.29) is 18.4 Å². The Hall–Kier alpha value is -2.44. The monoisotopic (exact) mass is 303 g/mol. The number of rotatable bonds is 2. The third kappa shape index (κ3) is 2.54. The van der Waals surface area contributed by atoms with Crippen molar-refractivity contribution in [3.63, 3.8) is 0 Å². The fraction of sp³-hybridized carbons (Fsp3) is 0.467. The van der Waals surface area contributed by atoms with E-state index < -0.39 is 11.9 Å². The van der Waals surface area contributed by atoms with E-state index in [1.54, 1.807) is 17.9 Å². The van der Waals surface area contributed by atoms with Gasteiger partial charge in [-0.1, -0.05) is 12.1 Å². The third-order valence-electron chi connectivity index (χ3n) is 4.05. The van der Waals surface area contributed by atoms with E-state index in [2.05, 4.69) is 10.1 Å². The number of hydrogen-bond acceptors (Lipinski definition) is 5. The van der Waals surface area contributed by atoms with Crippen molar-refractivity contribution in [2.24, 2.45) is 11.8 Å². The third-order valence-corrected chi connectivity index (χ3v) is 4.05. The molecular weight excluding hydrogens is 286 g/mol. The molecule has 0 saturated carbocycles. The van der Waals surface area contributed by atoms with Gasteiger partial charge in [0.25, 0.3) is 11.6 Å². The molecule has 1 saturated heterocycles. The highest BCUT2D eigenvalue weighted by Crippen LogP contribution is 2.24. The molecule has 1 N–H and O–H groups in total. The van der Waals surface area contributed by atoms with Gasteiger partial charge in [-0.05, 0) is 25.3 Å². The van der Waals surface area contributed by atoms with Crippen molar-refractivity contribution in [1.29, 1.82) is 0 Å². The number of carbonyl (C=O) groups is 2. The van der Waals surface area contributed by atoms with Crippen LogP contribution in [0.15, 0.2) is 16.8 Å². The first-order chi connectivity index (χ1) is 10.5. The lowest BCUT2D eigenvalue weighted by Gasteiger charge is -2.34. The zero-order chi connectivity index (χ0) is 15.9. The summed E-state index contributed by atoms with van der Waals surface area (Å²) in [6, 6.07) is 1.70. The fourth-order valence-corrected chi connectivity index (χ4v) is 2.94. The predicted molar refractivity (Wildman–Crippen MR) is 77.4 cm³/mol. The molecule has 7 nitrogen and oxygen atoms in total. The van der Waals surface area contributed by atoms with Gasteiger partial charge in [0.15, 0.2) is 0 Å². The number of carbonyl (C=O) groups excluding carboxylic acids is 1. The van der Waals surface area contributed by atoms with Crippen LogP contribution >= 0.6 is 0 Å². The van der Waals surface area contributed by atoms with Crippen molar-refractivity contribution in [2.45, 2.75) is 20.3 Å². The maximum absolute atomic E-state index is 12.6. The van der Waals surface area contributed by atoms with Crippen LogP contribution in [0, 0.1) is 18.8 Å². The number of hydrogen-bond donors (Lipinski definition) is 1. The van der Waals surface area contributed by atoms with E-state index in [1.165, 1.54) is 6.20 Å². The zero-order valence-electron chi connectivity index (χ0n) is 12.4. The highest BCUT2D eigenvalue weighted by Gasteiger charge is 2.32. The topological polar surface area (TPSA) is 96.5 Å². The van der Waals surface area contributed by atoms with Crippen molar-refractivity contribution in [3.05, 3.63) is 23.5 Å². The number of fused-ring (bicyclic) bond motifs is 1. The molecule has 0 aliphatic carbocycles. The first-order valence-corrected chi connectivity index (χ1v) is 7.20. The molecule has 2 atom stereocenters. The second-order valence-electron chi connectivity index (χ2n) is 5.93. The van der Waals surface area contributed by atoms with Gasteiger partial charge < -0.3 is 14.5 Å². The Morgan fingerprint density at radius 1 is 1.41 bits per heavy atom. The van der Waals surface area contributed by atoms with Gasteiger partial charge in [0.05, 0.1) is 22.6 Å². The van der Waals surface area contributed by atoms with Gasteiger partial charge in [-0.25, -0.2) is 4.98 Å². The van der Waals surface area contributed by atoms with E-state index in [4.69, 9.17) is 4.52 Å². The number of aryl methyl sites for hydroxylation is 1. The van der Waals surface area contributed by atoms with E-state index in [0.29, 0.717) is 35.3 Å². The van der Waals surface area contributed by atoms with Gasteiger partial charge in [0.1, 0.15) is 0 Å². The van der Waals surface area contributed by atoms with Crippen molar-refractivity contribution < 1.29 is 19.2 Å². The molecule has 1 aliphatic rings. The Morgan fingerprint density at radius 3 is 2.91 bits per heavy atom. The summed E-state index contributed by atoms with van der Waals surface area (Å²) in [4.78, 5) is 29.5. The quantitative estimate of drug-likeness (QED) is 0.907. The van der Waals surface area contributed by atoms with E-state index in [1.807, 2.05) is 6.92 Å². The number of carboxylic acids is 1. The number of amides is 1. The molecule has 3 heterocycles. The van der Waals surface area contributed by atoms with Crippen molar-refractivity contribution in [2.75, 3.05) is 13.1 Å². The largest absolute Gasteiger partial charge is 0.481 e. The van der Waals surface area contributed by atoms with Crippen LogP contribution < -0.4 is 0 Å². The lowest BCUT2D eigenvalue weighted by Crippen LogP contribution is -2.45. The summed E-state index contributed by atoms with van der Waals surface area (Å²) in [5.74, 6) is -1.41. The van der Waals surface area contributed by atoms with Crippen LogP contribution in [0.25, 0.3) is 11.1 Å². The number of likely N-dealkylation sites (tertiary alicyclic amines) is 1. The SMILES string of the molecule is Cc1noc2ncc(C(=O)N3CC(C)CC(C(=O)O)C3)cc12. The summed E-state index contributed by atoms with van der Waals surface area (Å²) in [5.41, 5.74) is 1.49. The molecule has 0 radical (unpaired) electrons. The summed E-state index contributed by atoms with van der Waals surface area (Å²) < 4.78 is 5.03. The second-order valence-corrected chi connectivity index (χ2v) is 5.93. The van der Waals surface area contributed by atoms with Crippen molar-refractivity contribution >= 4 is 23.0 Å². The maximum atomic E-state index is 12.6. The molecule has 1 fully saturated rings. The summed E-state index contributed by atoms with van der Waals surface area (Å²) >= 11 is 0. The van der Waals surface area contributed by atoms with Gasteiger partial charge in [0, 0.05) is 19.3 Å². The van der Waals surface area contributed by atoms with Gasteiger partial charge >= 0.3 is 5.97 Å². The van der Waals surface area contributed by atoms with E-state index >= 15 is 0 Å². The Balaban J connectivity index is 1.87. The van der Waals surface area contributed by atoms with Crippen molar-refractivity contribution in [3.8, 4) is 0 Å². The first kappa shape index (κ1) is 14.5. The number of aliphatic carboxylic acids is 1. The highest BCUT2D eigenvalue weighted by atomic mass is 16.5. The van der Waals surface area contributed by atoms with E-state index in [9.17, 15) is 14.7 Å². The van der Waals surface area contributed by atoms with E-state index in [0.717, 1.165) is 0 Å². The molecule has 2 aromatic rings. The number of piperidine rings is 1. The summed E-state index contributed by atoms with van der Waals surface area (Å²) in [6.45, 7) is 4.54. The summed E-state index contributed by atoms with van der Waals surface area (Å²) in [7, 11) is 0. The minimum Gasteiger partial charge on any atom is -0.481 e. The van der Waals surface area contributed by atoms with Gasteiger partial charge in [-0.2, -0.15) is 0 Å². The van der Waals surface area contributed by atoms with Gasteiger partial charge in [0.2, 0.25) is 0 Å². The van der Waals surface area contributed by atoms with Crippen LogP contribution in [-0.4, -0.2) is 45.1 Å². The smallest absolute Gasteiger partial charge is 0.308 e. The normalized spacial score (nSPS) is 22.0. The van der Waals surface area contributed by atoms with Crippen LogP contribution in [0.4, 0.5) is 0 Å². The molecule has 0 spiro atoms. The Kier molecular flexibility index (Phi) is 3.56. The molecular formula is C15H17N3O4. The summed E-state index contributed by atoms with van der Waals surface area (Å²) in [5, 5.41) is 13.7. The molecule has 1 amide bonds. The van der Waals surface area contributed by atoms with Crippen molar-refractivity contribution in [1.82, 2.24) is 15.0 Å². The lowest BCUT2D eigenvalue weighted by atomic mass is 9.90. The molecule has 0 bridgehead atoms. The average Bonchev–Trinajstić information content (AvgIpc) is 2.86. The number of pyridine rings is 1. The van der Waals surface area contributed by atoms with Crippen LogP contribution in [0.5, 0.6) is 0 Å². The molecule has 1 aliphatic heterocycles. The lowest BCUT2D eigenvalue weighted by molar-refractivity contribution is -0.143. The predicted octanol–water partition coefficient (Wildman–Crippen LogP) is 1.71. The van der Waals surface area contributed by atoms with Gasteiger partial charge in [-0.15, -0.1) is 0 Å². The zero-order valence-corrected chi connectivity index (χ0v) is 12.4. The van der Waals surface area contributed by atoms with Crippen LogP contribution in [0.2, 0.25) is 0 Å². The standard InChI is InChI=1S/C15H17N3O4/c1-8-3-11(15(20)21)7-18(6-8)14(19)10-4-12-9(2)17-22-13(12)16-5-10/h4-5,8,11H,3,6-7H2,1-2H3,(H,20,21). The van der Waals surface area contributed by atoms with Gasteiger partial charge in [-0.3, -0.25) is 9.59 Å². The molecule has 7 heteroatoms. The highest BCUT2D eigenvalue weighted by molar-refractivity contribution is 5.97. The molecule has 2 aromatic heterocycles. The summed E-state index contributed by atoms with van der Waals surface area (Å²) in [6.07, 6.45) is 2.05.